The third kappa shape index (κ3) is 4.72. The summed E-state index contributed by atoms with van der Waals surface area (Å²) in [5.74, 6) is 1.01. The van der Waals surface area contributed by atoms with Crippen molar-refractivity contribution in [2.75, 3.05) is 23.4 Å². The molecule has 1 aromatic carbocycles. The molecule has 0 aliphatic carbocycles. The Morgan fingerprint density at radius 1 is 1.24 bits per heavy atom. The molecule has 1 saturated heterocycles. The maximum atomic E-state index is 12.0. The molecule has 1 amide bonds. The number of ether oxygens (including phenoxy) is 1. The Balaban J connectivity index is 1.54. The van der Waals surface area contributed by atoms with Crippen LogP contribution in [0, 0.1) is 0 Å². The topological polar surface area (TPSA) is 54.5 Å². The molecular formula is C20H25N3O2. The number of amides is 1. The van der Waals surface area contributed by atoms with Crippen LogP contribution in [0.5, 0.6) is 5.75 Å². The minimum absolute atomic E-state index is 0.0303. The van der Waals surface area contributed by atoms with Gasteiger partial charge in [0, 0.05) is 12.6 Å². The normalized spacial score (nSPS) is 17.2. The van der Waals surface area contributed by atoms with Crippen LogP contribution in [0.15, 0.2) is 48.7 Å². The number of hydrogen-bond acceptors (Lipinski definition) is 4. The van der Waals surface area contributed by atoms with Crippen molar-refractivity contribution in [3.8, 4) is 5.75 Å². The van der Waals surface area contributed by atoms with E-state index in [9.17, 15) is 4.79 Å². The maximum absolute atomic E-state index is 12.0. The number of nitrogens with one attached hydrogen (secondary N) is 1. The summed E-state index contributed by atoms with van der Waals surface area (Å²) in [5, 5.41) is 2.77. The van der Waals surface area contributed by atoms with Crippen molar-refractivity contribution >= 4 is 17.4 Å². The number of para-hydroxylation sites is 1. The highest BCUT2D eigenvalue weighted by molar-refractivity contribution is 5.91. The zero-order valence-corrected chi connectivity index (χ0v) is 14.6. The maximum Gasteiger partial charge on any atom is 0.263 e. The van der Waals surface area contributed by atoms with E-state index in [0.29, 0.717) is 17.6 Å². The summed E-state index contributed by atoms with van der Waals surface area (Å²) in [6.45, 7) is 3.28. The molecule has 1 unspecified atom stereocenters. The molecule has 3 rings (SSSR count). The molecule has 5 nitrogen and oxygen atoms in total. The zero-order valence-electron chi connectivity index (χ0n) is 14.6. The van der Waals surface area contributed by atoms with Crippen molar-refractivity contribution in [1.29, 1.82) is 0 Å². The smallest absolute Gasteiger partial charge is 0.263 e. The summed E-state index contributed by atoms with van der Waals surface area (Å²) in [7, 11) is 0. The van der Waals surface area contributed by atoms with Crippen LogP contribution in [0.1, 0.15) is 32.6 Å². The number of carbonyl (C=O) groups excluding carboxylic acids is 1. The fourth-order valence-electron chi connectivity index (χ4n) is 3.24. The highest BCUT2D eigenvalue weighted by Gasteiger charge is 2.21. The van der Waals surface area contributed by atoms with Crippen molar-refractivity contribution in [2.24, 2.45) is 0 Å². The molecule has 1 aliphatic rings. The van der Waals surface area contributed by atoms with Crippen LogP contribution >= 0.6 is 0 Å². The zero-order chi connectivity index (χ0) is 17.5. The summed E-state index contributed by atoms with van der Waals surface area (Å²) in [5.41, 5.74) is 1.13. The Bertz CT molecular complexity index is 673. The molecule has 0 spiro atoms. The van der Waals surface area contributed by atoms with Crippen LogP contribution in [0.25, 0.3) is 0 Å². The van der Waals surface area contributed by atoms with Crippen LogP contribution in [-0.2, 0) is 4.79 Å². The van der Waals surface area contributed by atoms with Crippen LogP contribution in [-0.4, -0.2) is 30.1 Å². The molecule has 0 saturated carbocycles. The van der Waals surface area contributed by atoms with E-state index in [1.54, 1.807) is 0 Å². The standard InChI is InChI=1S/C20H25N3O2/c1-2-16-8-6-7-13-23(16)17-11-12-19(21-14-17)22-20(24)15-25-18-9-4-3-5-10-18/h3-5,9-12,14,16H,2,6-8,13,15H2,1H3,(H,21,22,24). The lowest BCUT2D eigenvalue weighted by atomic mass is 9.99. The largest absolute Gasteiger partial charge is 0.484 e. The Labute approximate surface area is 149 Å². The Kier molecular flexibility index (Phi) is 5.88. The first-order valence-electron chi connectivity index (χ1n) is 8.96. The molecule has 25 heavy (non-hydrogen) atoms. The number of rotatable bonds is 6. The molecule has 0 bridgehead atoms. The molecule has 1 aromatic heterocycles. The second-order valence-electron chi connectivity index (χ2n) is 6.30. The van der Waals surface area contributed by atoms with Gasteiger partial charge in [-0.3, -0.25) is 4.79 Å². The van der Waals surface area contributed by atoms with Crippen LogP contribution in [0.2, 0.25) is 0 Å². The molecule has 0 radical (unpaired) electrons. The lowest BCUT2D eigenvalue weighted by Crippen LogP contribution is -2.39. The van der Waals surface area contributed by atoms with E-state index in [1.165, 1.54) is 19.3 Å². The number of aromatic nitrogens is 1. The monoisotopic (exact) mass is 339 g/mol. The van der Waals surface area contributed by atoms with E-state index < -0.39 is 0 Å². The van der Waals surface area contributed by atoms with Crippen molar-refractivity contribution in [3.05, 3.63) is 48.7 Å². The number of hydrogen-bond donors (Lipinski definition) is 1. The Morgan fingerprint density at radius 2 is 2.08 bits per heavy atom. The Hall–Kier alpha value is -2.56. The average molecular weight is 339 g/mol. The first-order valence-corrected chi connectivity index (χ1v) is 8.96. The summed E-state index contributed by atoms with van der Waals surface area (Å²) in [6.07, 6.45) is 6.77. The number of piperidine rings is 1. The summed E-state index contributed by atoms with van der Waals surface area (Å²) < 4.78 is 5.44. The van der Waals surface area contributed by atoms with Gasteiger partial charge in [0.25, 0.3) is 5.91 Å². The number of carbonyl (C=O) groups is 1. The third-order valence-electron chi connectivity index (χ3n) is 4.56. The predicted molar refractivity (Wildman–Crippen MR) is 100 cm³/mol. The number of nitrogens with zero attached hydrogens (tertiary/aromatic N) is 2. The van der Waals surface area contributed by atoms with E-state index in [2.05, 4.69) is 22.1 Å². The molecule has 1 N–H and O–H groups in total. The number of pyridine rings is 1. The summed E-state index contributed by atoms with van der Waals surface area (Å²) in [6, 6.07) is 13.8. The second-order valence-corrected chi connectivity index (χ2v) is 6.30. The van der Waals surface area contributed by atoms with Gasteiger partial charge in [-0.05, 0) is 49.9 Å². The van der Waals surface area contributed by atoms with Gasteiger partial charge in [0.05, 0.1) is 11.9 Å². The minimum Gasteiger partial charge on any atom is -0.484 e. The molecular weight excluding hydrogens is 314 g/mol. The van der Waals surface area contributed by atoms with Crippen LogP contribution in [0.3, 0.4) is 0 Å². The van der Waals surface area contributed by atoms with E-state index in [0.717, 1.165) is 18.7 Å². The molecule has 1 atom stereocenters. The van der Waals surface area contributed by atoms with E-state index in [4.69, 9.17) is 4.74 Å². The Morgan fingerprint density at radius 3 is 2.80 bits per heavy atom. The van der Waals surface area contributed by atoms with Gasteiger partial charge in [-0.2, -0.15) is 0 Å². The van der Waals surface area contributed by atoms with Crippen LogP contribution < -0.4 is 15.0 Å². The second kappa shape index (κ2) is 8.51. The summed E-state index contributed by atoms with van der Waals surface area (Å²) >= 11 is 0. The van der Waals surface area contributed by atoms with Crippen molar-refractivity contribution in [3.63, 3.8) is 0 Å². The van der Waals surface area contributed by atoms with Crippen molar-refractivity contribution in [2.45, 2.75) is 38.6 Å². The highest BCUT2D eigenvalue weighted by atomic mass is 16.5. The first-order chi connectivity index (χ1) is 12.3. The van der Waals surface area contributed by atoms with Crippen molar-refractivity contribution in [1.82, 2.24) is 4.98 Å². The van der Waals surface area contributed by atoms with Gasteiger partial charge in [0.2, 0.25) is 0 Å². The molecule has 5 heteroatoms. The van der Waals surface area contributed by atoms with Gasteiger partial charge in [0.15, 0.2) is 6.61 Å². The van der Waals surface area contributed by atoms with E-state index in [1.807, 2.05) is 48.7 Å². The van der Waals surface area contributed by atoms with Gasteiger partial charge >= 0.3 is 0 Å². The predicted octanol–water partition coefficient (Wildman–Crippen LogP) is 3.87. The summed E-state index contributed by atoms with van der Waals surface area (Å²) in [4.78, 5) is 18.8. The van der Waals surface area contributed by atoms with Gasteiger partial charge in [-0.1, -0.05) is 25.1 Å². The van der Waals surface area contributed by atoms with Crippen LogP contribution in [0.4, 0.5) is 11.5 Å². The van der Waals surface area contributed by atoms with Crippen molar-refractivity contribution < 1.29 is 9.53 Å². The van der Waals surface area contributed by atoms with E-state index >= 15 is 0 Å². The molecule has 2 heterocycles. The average Bonchev–Trinajstić information content (AvgIpc) is 2.68. The van der Waals surface area contributed by atoms with Gasteiger partial charge in [0.1, 0.15) is 11.6 Å². The van der Waals surface area contributed by atoms with E-state index in [-0.39, 0.29) is 12.5 Å². The highest BCUT2D eigenvalue weighted by Crippen LogP contribution is 2.26. The minimum atomic E-state index is -0.214. The molecule has 1 fully saturated rings. The number of anilines is 2. The molecule has 132 valence electrons. The third-order valence-corrected chi connectivity index (χ3v) is 4.56. The van der Waals surface area contributed by atoms with Gasteiger partial charge in [-0.15, -0.1) is 0 Å². The lowest BCUT2D eigenvalue weighted by molar-refractivity contribution is -0.118. The quantitative estimate of drug-likeness (QED) is 0.868. The van der Waals surface area contributed by atoms with Gasteiger partial charge < -0.3 is 15.0 Å². The SMILES string of the molecule is CCC1CCCCN1c1ccc(NC(=O)COc2ccccc2)nc1. The molecule has 1 aliphatic heterocycles. The number of benzene rings is 1. The lowest BCUT2D eigenvalue weighted by Gasteiger charge is -2.37. The molecule has 2 aromatic rings. The van der Waals surface area contributed by atoms with Gasteiger partial charge in [-0.25, -0.2) is 4.98 Å². The first kappa shape index (κ1) is 17.3. The fraction of sp³-hybridized carbons (Fsp3) is 0.400. The fourth-order valence-corrected chi connectivity index (χ4v) is 3.24.